The van der Waals surface area contributed by atoms with Crippen LogP contribution in [0.2, 0.25) is 0 Å². The third kappa shape index (κ3) is 7.04. The highest BCUT2D eigenvalue weighted by Crippen LogP contribution is 2.48. The number of para-hydroxylation sites is 1. The monoisotopic (exact) mass is 586 g/mol. The van der Waals surface area contributed by atoms with E-state index in [1.165, 1.54) is 5.56 Å². The first kappa shape index (κ1) is 32.1. The average Bonchev–Trinajstić information content (AvgIpc) is 3.32. The van der Waals surface area contributed by atoms with Gasteiger partial charge in [0.25, 0.3) is 5.91 Å². The Hall–Kier alpha value is -3.84. The number of likely N-dealkylation sites (tertiary alicyclic amines) is 1. The van der Waals surface area contributed by atoms with Crippen LogP contribution >= 0.6 is 0 Å². The van der Waals surface area contributed by atoms with Gasteiger partial charge < -0.3 is 24.8 Å². The molecular weight excluding hydrogens is 540 g/mol. The molecule has 4 rings (SSSR count). The van der Waals surface area contributed by atoms with Gasteiger partial charge in [-0.3, -0.25) is 4.79 Å². The number of methoxy groups -OCH3 is 1. The van der Waals surface area contributed by atoms with Crippen LogP contribution in [0, 0.1) is 11.3 Å². The van der Waals surface area contributed by atoms with Crippen LogP contribution in [0.3, 0.4) is 0 Å². The van der Waals surface area contributed by atoms with Crippen molar-refractivity contribution in [3.63, 3.8) is 0 Å². The van der Waals surface area contributed by atoms with Crippen molar-refractivity contribution in [3.05, 3.63) is 95.6 Å². The Balaban J connectivity index is 1.80. The number of amides is 1. The molecule has 0 radical (unpaired) electrons. The van der Waals surface area contributed by atoms with E-state index in [1.807, 2.05) is 75.4 Å². The lowest BCUT2D eigenvalue weighted by Crippen LogP contribution is -2.50. The van der Waals surface area contributed by atoms with E-state index in [2.05, 4.69) is 38.2 Å². The van der Waals surface area contributed by atoms with E-state index in [0.29, 0.717) is 12.3 Å². The van der Waals surface area contributed by atoms with Gasteiger partial charge in [0.1, 0.15) is 17.5 Å². The van der Waals surface area contributed by atoms with Gasteiger partial charge in [-0.25, -0.2) is 4.79 Å². The normalized spacial score (nSPS) is 21.3. The number of nitrogens with one attached hydrogen (secondary N) is 1. The molecule has 0 bridgehead atoms. The van der Waals surface area contributed by atoms with Gasteiger partial charge in [0.05, 0.1) is 13.2 Å². The summed E-state index contributed by atoms with van der Waals surface area (Å²) in [7, 11) is 1.66. The number of hydrogen-bond acceptors (Lipinski definition) is 5. The number of carboxylic acid groups (broad SMARTS) is 1. The molecule has 1 aliphatic heterocycles. The van der Waals surface area contributed by atoms with Gasteiger partial charge in [-0.1, -0.05) is 102 Å². The Bertz CT molecular complexity index is 1390. The molecule has 1 amide bonds. The molecule has 0 saturated carbocycles. The molecule has 3 aromatic rings. The number of carbonyl (C=O) groups excluding carboxylic acids is 1. The van der Waals surface area contributed by atoms with Crippen molar-refractivity contribution in [2.24, 2.45) is 11.3 Å². The fourth-order valence-corrected chi connectivity index (χ4v) is 6.30. The van der Waals surface area contributed by atoms with E-state index in [0.717, 1.165) is 16.9 Å². The van der Waals surface area contributed by atoms with Gasteiger partial charge in [0.2, 0.25) is 0 Å². The lowest BCUT2D eigenvalue weighted by molar-refractivity contribution is -0.155. The van der Waals surface area contributed by atoms with E-state index in [4.69, 9.17) is 9.47 Å². The largest absolute Gasteiger partial charge is 0.496 e. The Morgan fingerprint density at radius 1 is 0.930 bits per heavy atom. The van der Waals surface area contributed by atoms with Crippen LogP contribution in [0.5, 0.6) is 11.5 Å². The molecule has 0 aliphatic carbocycles. The zero-order valence-electron chi connectivity index (χ0n) is 26.6. The maximum Gasteiger partial charge on any atom is 0.326 e. The topological polar surface area (TPSA) is 88.1 Å². The second-order valence-electron chi connectivity index (χ2n) is 13.5. The number of ether oxygens (including phenoxy) is 2. The fourth-order valence-electron chi connectivity index (χ4n) is 6.30. The molecule has 0 aromatic heterocycles. The standard InChI is InChI=1S/C36H46N2O5/c1-23(43-27-17-13-10-14-18-27)33(39)38-31(24-15-11-9-12-16-24)30(29(36(5,6)7)32(38)34(40)41)37-22-25-21-26(35(2,3)4)19-20-28(25)42-8/h9-21,23,29-32,37H,22H2,1-8H3,(H,40,41)/t23-,29+,30+,31+,32+/m1/s1. The van der Waals surface area contributed by atoms with Crippen molar-refractivity contribution in [3.8, 4) is 11.5 Å². The Labute approximate surface area is 256 Å². The van der Waals surface area contributed by atoms with E-state index < -0.39 is 35.5 Å². The molecule has 0 spiro atoms. The SMILES string of the molecule is COc1ccc(C(C)(C)C)cc1CN[C@H]1[C@H](C(C)(C)C)[C@@H](C(=O)O)N(C(=O)[C@@H](C)Oc2ccccc2)[C@H]1c1ccccc1. The Morgan fingerprint density at radius 3 is 2.07 bits per heavy atom. The summed E-state index contributed by atoms with van der Waals surface area (Å²) in [5.41, 5.74) is 2.52. The van der Waals surface area contributed by atoms with Gasteiger partial charge in [-0.05, 0) is 47.1 Å². The molecular formula is C36H46N2O5. The van der Waals surface area contributed by atoms with Gasteiger partial charge in [0, 0.05) is 24.1 Å². The summed E-state index contributed by atoms with van der Waals surface area (Å²) in [5, 5.41) is 14.5. The van der Waals surface area contributed by atoms with Gasteiger partial charge >= 0.3 is 5.97 Å². The van der Waals surface area contributed by atoms with Crippen LogP contribution in [0.1, 0.15) is 71.2 Å². The Kier molecular flexibility index (Phi) is 9.55. The van der Waals surface area contributed by atoms with Crippen molar-refractivity contribution in [2.75, 3.05) is 7.11 Å². The van der Waals surface area contributed by atoms with Crippen LogP contribution in [0.25, 0.3) is 0 Å². The van der Waals surface area contributed by atoms with Gasteiger partial charge in [0.15, 0.2) is 6.10 Å². The third-order valence-corrected chi connectivity index (χ3v) is 8.39. The Morgan fingerprint density at radius 2 is 1.53 bits per heavy atom. The molecule has 0 unspecified atom stereocenters. The second-order valence-corrected chi connectivity index (χ2v) is 13.5. The quantitative estimate of drug-likeness (QED) is 0.293. The molecule has 5 atom stereocenters. The number of hydrogen-bond donors (Lipinski definition) is 2. The minimum Gasteiger partial charge on any atom is -0.496 e. The van der Waals surface area contributed by atoms with E-state index in [-0.39, 0.29) is 17.4 Å². The zero-order chi connectivity index (χ0) is 31.5. The van der Waals surface area contributed by atoms with Gasteiger partial charge in [-0.15, -0.1) is 0 Å². The van der Waals surface area contributed by atoms with E-state index in [9.17, 15) is 14.7 Å². The highest BCUT2D eigenvalue weighted by Gasteiger charge is 2.58. The van der Waals surface area contributed by atoms with Crippen molar-refractivity contribution in [2.45, 2.75) is 84.7 Å². The van der Waals surface area contributed by atoms with Crippen molar-refractivity contribution >= 4 is 11.9 Å². The molecule has 1 saturated heterocycles. The minimum absolute atomic E-state index is 0.0542. The predicted octanol–water partition coefficient (Wildman–Crippen LogP) is 6.62. The summed E-state index contributed by atoms with van der Waals surface area (Å²) in [6.45, 7) is 14.8. The summed E-state index contributed by atoms with van der Waals surface area (Å²) >= 11 is 0. The summed E-state index contributed by atoms with van der Waals surface area (Å²) in [6.07, 6.45) is -0.890. The smallest absolute Gasteiger partial charge is 0.326 e. The van der Waals surface area contributed by atoms with Crippen molar-refractivity contribution in [1.29, 1.82) is 0 Å². The maximum atomic E-state index is 14.3. The van der Waals surface area contributed by atoms with Crippen LogP contribution < -0.4 is 14.8 Å². The summed E-state index contributed by atoms with van der Waals surface area (Å²) in [5.74, 6) is -0.498. The van der Waals surface area contributed by atoms with Crippen LogP contribution in [-0.4, -0.2) is 47.2 Å². The number of nitrogens with zero attached hydrogens (tertiary/aromatic N) is 1. The minimum atomic E-state index is -1.07. The van der Waals surface area contributed by atoms with Crippen molar-refractivity contribution in [1.82, 2.24) is 10.2 Å². The number of carboxylic acids is 1. The summed E-state index contributed by atoms with van der Waals surface area (Å²) < 4.78 is 11.8. The molecule has 7 heteroatoms. The number of carbonyl (C=O) groups is 2. The molecule has 1 fully saturated rings. The number of benzene rings is 3. The lowest BCUT2D eigenvalue weighted by atomic mass is 9.72. The molecule has 3 aromatic carbocycles. The molecule has 1 heterocycles. The first-order chi connectivity index (χ1) is 20.2. The van der Waals surface area contributed by atoms with E-state index >= 15 is 0 Å². The van der Waals surface area contributed by atoms with E-state index in [1.54, 1.807) is 31.1 Å². The molecule has 2 N–H and O–H groups in total. The first-order valence-electron chi connectivity index (χ1n) is 15.0. The summed E-state index contributed by atoms with van der Waals surface area (Å²) in [4.78, 5) is 29.0. The third-order valence-electron chi connectivity index (χ3n) is 8.39. The average molecular weight is 587 g/mol. The molecule has 7 nitrogen and oxygen atoms in total. The van der Waals surface area contributed by atoms with Crippen LogP contribution in [0.4, 0.5) is 0 Å². The second kappa shape index (κ2) is 12.8. The molecule has 1 aliphatic rings. The fraction of sp³-hybridized carbons (Fsp3) is 0.444. The first-order valence-corrected chi connectivity index (χ1v) is 15.0. The van der Waals surface area contributed by atoms with Gasteiger partial charge in [-0.2, -0.15) is 0 Å². The number of aliphatic carboxylic acids is 1. The highest BCUT2D eigenvalue weighted by molar-refractivity contribution is 5.88. The molecule has 230 valence electrons. The maximum absolute atomic E-state index is 14.3. The summed E-state index contributed by atoms with van der Waals surface area (Å²) in [6, 6.07) is 23.1. The predicted molar refractivity (Wildman–Crippen MR) is 169 cm³/mol. The zero-order valence-corrected chi connectivity index (χ0v) is 26.6. The van der Waals surface area contributed by atoms with Crippen LogP contribution in [-0.2, 0) is 21.5 Å². The number of rotatable bonds is 9. The van der Waals surface area contributed by atoms with Crippen molar-refractivity contribution < 1.29 is 24.2 Å². The highest BCUT2D eigenvalue weighted by atomic mass is 16.5. The lowest BCUT2D eigenvalue weighted by Gasteiger charge is -2.35. The van der Waals surface area contributed by atoms with Crippen LogP contribution in [0.15, 0.2) is 78.9 Å². The molecule has 43 heavy (non-hydrogen) atoms.